The molecule has 0 bridgehead atoms. The van der Waals surface area contributed by atoms with E-state index in [1.807, 2.05) is 14.1 Å². The second-order valence-corrected chi connectivity index (χ2v) is 11.1. The largest absolute Gasteiger partial charge is 0.342 e. The highest BCUT2D eigenvalue weighted by Gasteiger charge is 2.39. The zero-order valence-corrected chi connectivity index (χ0v) is 20.5. The molecule has 1 fully saturated rings. The molecule has 176 valence electrons. The number of halogens is 1. The van der Waals surface area contributed by atoms with E-state index in [0.717, 1.165) is 23.7 Å². The molecule has 0 unspecified atom stereocenters. The third-order valence-electron chi connectivity index (χ3n) is 5.93. The third-order valence-corrected chi connectivity index (χ3v) is 8.27. The summed E-state index contributed by atoms with van der Waals surface area (Å²) in [6.07, 6.45) is 4.32. The first kappa shape index (κ1) is 24.5. The number of benzene rings is 1. The molecule has 0 radical (unpaired) electrons. The molecular formula is C22H31ClN4O4S. The highest BCUT2D eigenvalue weighted by Crippen LogP contribution is 2.29. The molecule has 2 aliphatic heterocycles. The molecule has 1 saturated heterocycles. The van der Waals surface area contributed by atoms with Crippen molar-refractivity contribution in [2.24, 2.45) is 5.92 Å². The highest BCUT2D eigenvalue weighted by atomic mass is 35.5. The Morgan fingerprint density at radius 1 is 1.25 bits per heavy atom. The first-order chi connectivity index (χ1) is 15.0. The summed E-state index contributed by atoms with van der Waals surface area (Å²) < 4.78 is 28.0. The van der Waals surface area contributed by atoms with Crippen molar-refractivity contribution in [2.75, 3.05) is 33.7 Å². The maximum atomic E-state index is 13.5. The van der Waals surface area contributed by atoms with E-state index in [1.54, 1.807) is 24.8 Å². The van der Waals surface area contributed by atoms with Gasteiger partial charge >= 0.3 is 0 Å². The van der Waals surface area contributed by atoms with Crippen LogP contribution in [0.15, 0.2) is 29.4 Å². The lowest BCUT2D eigenvalue weighted by molar-refractivity contribution is -0.137. The molecule has 0 saturated carbocycles. The van der Waals surface area contributed by atoms with Crippen LogP contribution >= 0.6 is 11.6 Å². The lowest BCUT2D eigenvalue weighted by Gasteiger charge is -2.36. The van der Waals surface area contributed by atoms with Gasteiger partial charge in [-0.1, -0.05) is 11.6 Å². The van der Waals surface area contributed by atoms with Gasteiger partial charge in [-0.25, -0.2) is 8.42 Å². The van der Waals surface area contributed by atoms with E-state index in [1.165, 1.54) is 18.5 Å². The molecule has 32 heavy (non-hydrogen) atoms. The van der Waals surface area contributed by atoms with E-state index in [9.17, 15) is 18.0 Å². The van der Waals surface area contributed by atoms with Gasteiger partial charge in [-0.3, -0.25) is 13.9 Å². The van der Waals surface area contributed by atoms with Crippen molar-refractivity contribution in [1.29, 1.82) is 0 Å². The van der Waals surface area contributed by atoms with Gasteiger partial charge < -0.3 is 15.1 Å². The summed E-state index contributed by atoms with van der Waals surface area (Å²) in [6, 6.07) is 1.95. The maximum Gasteiger partial charge on any atom is 0.264 e. The van der Waals surface area contributed by atoms with Gasteiger partial charge in [-0.15, -0.1) is 0 Å². The van der Waals surface area contributed by atoms with Crippen LogP contribution in [-0.4, -0.2) is 74.1 Å². The summed E-state index contributed by atoms with van der Waals surface area (Å²) >= 11 is 6.13. The third kappa shape index (κ3) is 5.27. The number of aryl methyl sites for hydroxylation is 2. The van der Waals surface area contributed by atoms with Crippen molar-refractivity contribution in [3.8, 4) is 0 Å². The van der Waals surface area contributed by atoms with Gasteiger partial charge in [0.25, 0.3) is 10.0 Å². The molecule has 1 aromatic carbocycles. The van der Waals surface area contributed by atoms with E-state index in [-0.39, 0.29) is 17.2 Å². The Morgan fingerprint density at radius 3 is 2.66 bits per heavy atom. The van der Waals surface area contributed by atoms with E-state index in [0.29, 0.717) is 35.2 Å². The molecule has 1 aromatic rings. The second kappa shape index (κ2) is 9.80. The van der Waals surface area contributed by atoms with Gasteiger partial charge in [-0.2, -0.15) is 0 Å². The van der Waals surface area contributed by atoms with Gasteiger partial charge in [-0.05, 0) is 70.0 Å². The minimum Gasteiger partial charge on any atom is -0.342 e. The zero-order chi connectivity index (χ0) is 23.6. The number of piperidine rings is 1. The van der Waals surface area contributed by atoms with Gasteiger partial charge in [0.05, 0.1) is 11.3 Å². The molecule has 10 heteroatoms. The quantitative estimate of drug-likeness (QED) is 0.670. The minimum atomic E-state index is -4.07. The van der Waals surface area contributed by atoms with Crippen LogP contribution in [0.3, 0.4) is 0 Å². The lowest BCUT2D eigenvalue weighted by atomic mass is 9.97. The molecule has 8 nitrogen and oxygen atoms in total. The summed E-state index contributed by atoms with van der Waals surface area (Å²) in [5.41, 5.74) is 1.10. The molecule has 0 aromatic heterocycles. The van der Waals surface area contributed by atoms with Crippen molar-refractivity contribution in [2.45, 2.75) is 44.0 Å². The first-order valence-corrected chi connectivity index (χ1v) is 12.5. The van der Waals surface area contributed by atoms with Gasteiger partial charge in [0.15, 0.2) is 0 Å². The SMILES string of the molecule is Cc1cc(S(=O)(=O)N2C=CNC(=O)[C@H]2CC(=O)N2CCC[C@@H](CN(C)C)C2)c(C)cc1Cl. The van der Waals surface area contributed by atoms with Crippen LogP contribution in [0.1, 0.15) is 30.4 Å². The highest BCUT2D eigenvalue weighted by molar-refractivity contribution is 7.89. The standard InChI is InChI=1S/C22H31ClN4O4S/c1-15-11-20(16(2)10-18(15)23)32(30,31)27-9-7-24-22(29)19(27)12-21(28)26-8-5-6-17(14-26)13-25(3)4/h7,9-11,17,19H,5-6,8,12-14H2,1-4H3,(H,24,29)/t17-,19+/m0/s1. The summed E-state index contributed by atoms with van der Waals surface area (Å²) in [5.74, 6) is -0.370. The Balaban J connectivity index is 1.84. The normalized spacial score (nSPS) is 21.8. The fourth-order valence-electron chi connectivity index (χ4n) is 4.34. The molecule has 0 aliphatic carbocycles. The van der Waals surface area contributed by atoms with Crippen LogP contribution in [0.25, 0.3) is 0 Å². The molecule has 3 rings (SSSR count). The lowest BCUT2D eigenvalue weighted by Crippen LogP contribution is -2.52. The van der Waals surface area contributed by atoms with Crippen molar-refractivity contribution >= 4 is 33.4 Å². The second-order valence-electron chi connectivity index (χ2n) is 8.86. The predicted molar refractivity (Wildman–Crippen MR) is 123 cm³/mol. The van der Waals surface area contributed by atoms with E-state index < -0.39 is 22.0 Å². The number of amides is 2. The Hall–Kier alpha value is -2.10. The van der Waals surface area contributed by atoms with Crippen molar-refractivity contribution < 1.29 is 18.0 Å². The summed E-state index contributed by atoms with van der Waals surface area (Å²) in [5, 5.41) is 3.01. The van der Waals surface area contributed by atoms with E-state index >= 15 is 0 Å². The first-order valence-electron chi connectivity index (χ1n) is 10.7. The number of likely N-dealkylation sites (tertiary alicyclic amines) is 1. The van der Waals surface area contributed by atoms with Crippen LogP contribution in [0.5, 0.6) is 0 Å². The predicted octanol–water partition coefficient (Wildman–Crippen LogP) is 2.11. The van der Waals surface area contributed by atoms with Gasteiger partial charge in [0, 0.05) is 37.1 Å². The monoisotopic (exact) mass is 482 g/mol. The minimum absolute atomic E-state index is 0.0696. The Bertz CT molecular complexity index is 1030. The van der Waals surface area contributed by atoms with E-state index in [2.05, 4.69) is 10.2 Å². The average molecular weight is 483 g/mol. The van der Waals surface area contributed by atoms with Crippen LogP contribution in [0.2, 0.25) is 5.02 Å². The number of hydrogen-bond acceptors (Lipinski definition) is 5. The fraction of sp³-hybridized carbons (Fsp3) is 0.545. The Morgan fingerprint density at radius 2 is 1.97 bits per heavy atom. The zero-order valence-electron chi connectivity index (χ0n) is 19.0. The number of carbonyl (C=O) groups is 2. The molecule has 2 heterocycles. The number of sulfonamides is 1. The van der Waals surface area contributed by atoms with Gasteiger partial charge in [0.2, 0.25) is 11.8 Å². The fourth-order valence-corrected chi connectivity index (χ4v) is 6.30. The molecule has 2 amide bonds. The maximum absolute atomic E-state index is 13.5. The summed E-state index contributed by atoms with van der Waals surface area (Å²) in [4.78, 5) is 29.7. The molecule has 0 spiro atoms. The number of carbonyl (C=O) groups excluding carboxylic acids is 2. The van der Waals surface area contributed by atoms with Crippen molar-refractivity contribution in [3.05, 3.63) is 40.7 Å². The van der Waals surface area contributed by atoms with Crippen LogP contribution in [-0.2, 0) is 19.6 Å². The van der Waals surface area contributed by atoms with Crippen molar-refractivity contribution in [1.82, 2.24) is 19.4 Å². The molecule has 1 N–H and O–H groups in total. The van der Waals surface area contributed by atoms with E-state index in [4.69, 9.17) is 11.6 Å². The van der Waals surface area contributed by atoms with Crippen LogP contribution in [0.4, 0.5) is 0 Å². The molecule has 2 atom stereocenters. The summed E-state index contributed by atoms with van der Waals surface area (Å²) in [6.45, 7) is 5.50. The topological polar surface area (TPSA) is 90.0 Å². The summed E-state index contributed by atoms with van der Waals surface area (Å²) in [7, 11) is -0.0621. The Kier molecular flexibility index (Phi) is 7.52. The van der Waals surface area contributed by atoms with Crippen LogP contribution in [0, 0.1) is 19.8 Å². The smallest absolute Gasteiger partial charge is 0.264 e. The molecular weight excluding hydrogens is 452 g/mol. The number of rotatable bonds is 6. The Labute approximate surface area is 195 Å². The van der Waals surface area contributed by atoms with Gasteiger partial charge in [0.1, 0.15) is 6.04 Å². The number of hydrogen-bond donors (Lipinski definition) is 1. The number of nitrogens with zero attached hydrogens (tertiary/aromatic N) is 3. The molecule has 2 aliphatic rings. The van der Waals surface area contributed by atoms with Crippen LogP contribution < -0.4 is 5.32 Å². The van der Waals surface area contributed by atoms with Crippen molar-refractivity contribution in [3.63, 3.8) is 0 Å². The average Bonchev–Trinajstić information content (AvgIpc) is 2.71. The number of nitrogens with one attached hydrogen (secondary N) is 1.